The molecule has 1 aliphatic rings. The molecule has 0 radical (unpaired) electrons. The SMILES string of the molecule is CNCC1(O)Cc2ccc(F)cc2C1Oc1ccccc1C. The van der Waals surface area contributed by atoms with Gasteiger partial charge in [-0.05, 0) is 43.3 Å². The Morgan fingerprint density at radius 3 is 2.82 bits per heavy atom. The monoisotopic (exact) mass is 301 g/mol. The summed E-state index contributed by atoms with van der Waals surface area (Å²) >= 11 is 0. The third kappa shape index (κ3) is 2.60. The minimum Gasteiger partial charge on any atom is -0.482 e. The maximum absolute atomic E-state index is 13.6. The van der Waals surface area contributed by atoms with Crippen LogP contribution in [0.2, 0.25) is 0 Å². The highest BCUT2D eigenvalue weighted by Gasteiger charge is 2.46. The summed E-state index contributed by atoms with van der Waals surface area (Å²) in [4.78, 5) is 0. The van der Waals surface area contributed by atoms with Gasteiger partial charge in [-0.15, -0.1) is 0 Å². The molecule has 2 aromatic rings. The van der Waals surface area contributed by atoms with Crippen molar-refractivity contribution in [2.45, 2.75) is 25.0 Å². The van der Waals surface area contributed by atoms with Gasteiger partial charge in [0, 0.05) is 18.5 Å². The maximum Gasteiger partial charge on any atom is 0.154 e. The largest absolute Gasteiger partial charge is 0.482 e. The lowest BCUT2D eigenvalue weighted by Crippen LogP contribution is -2.45. The summed E-state index contributed by atoms with van der Waals surface area (Å²) in [6.07, 6.45) is -0.147. The molecule has 0 aliphatic heterocycles. The van der Waals surface area contributed by atoms with Crippen LogP contribution in [0.4, 0.5) is 4.39 Å². The molecule has 0 aromatic heterocycles. The number of fused-ring (bicyclic) bond motifs is 1. The first-order valence-electron chi connectivity index (χ1n) is 7.41. The van der Waals surface area contributed by atoms with Crippen molar-refractivity contribution in [2.75, 3.05) is 13.6 Å². The van der Waals surface area contributed by atoms with Crippen LogP contribution in [0.3, 0.4) is 0 Å². The van der Waals surface area contributed by atoms with Gasteiger partial charge in [-0.2, -0.15) is 0 Å². The fourth-order valence-corrected chi connectivity index (χ4v) is 3.13. The Balaban J connectivity index is 2.01. The van der Waals surface area contributed by atoms with E-state index in [1.54, 1.807) is 13.1 Å². The highest BCUT2D eigenvalue weighted by Crippen LogP contribution is 2.42. The summed E-state index contributed by atoms with van der Waals surface area (Å²) in [5, 5.41) is 14.0. The van der Waals surface area contributed by atoms with E-state index < -0.39 is 11.7 Å². The third-order valence-electron chi connectivity index (χ3n) is 4.20. The molecule has 0 spiro atoms. The topological polar surface area (TPSA) is 41.5 Å². The predicted octanol–water partition coefficient (Wildman–Crippen LogP) is 2.76. The first-order valence-corrected chi connectivity index (χ1v) is 7.41. The van der Waals surface area contributed by atoms with Gasteiger partial charge in [0.1, 0.15) is 17.2 Å². The number of halogens is 1. The van der Waals surface area contributed by atoms with Crippen molar-refractivity contribution in [1.29, 1.82) is 0 Å². The number of nitrogens with one attached hydrogen (secondary N) is 1. The van der Waals surface area contributed by atoms with Gasteiger partial charge in [-0.25, -0.2) is 4.39 Å². The van der Waals surface area contributed by atoms with Gasteiger partial charge in [0.15, 0.2) is 6.10 Å². The minimum atomic E-state index is -1.09. The first kappa shape index (κ1) is 15.0. The van der Waals surface area contributed by atoms with Crippen LogP contribution < -0.4 is 10.1 Å². The molecule has 0 bridgehead atoms. The van der Waals surface area contributed by atoms with Gasteiger partial charge in [0.2, 0.25) is 0 Å². The van der Waals surface area contributed by atoms with Gasteiger partial charge in [-0.1, -0.05) is 24.3 Å². The lowest BCUT2D eigenvalue weighted by Gasteiger charge is -2.31. The van der Waals surface area contributed by atoms with Crippen LogP contribution in [-0.2, 0) is 6.42 Å². The number of rotatable bonds is 4. The maximum atomic E-state index is 13.6. The Labute approximate surface area is 129 Å². The molecule has 3 nitrogen and oxygen atoms in total. The number of aryl methyl sites for hydroxylation is 1. The first-order chi connectivity index (χ1) is 10.5. The van der Waals surface area contributed by atoms with Gasteiger partial charge in [-0.3, -0.25) is 0 Å². The zero-order valence-corrected chi connectivity index (χ0v) is 12.8. The normalized spacial score (nSPS) is 23.4. The number of likely N-dealkylation sites (N-methyl/N-ethyl adjacent to an activating group) is 1. The molecule has 2 unspecified atom stereocenters. The lowest BCUT2D eigenvalue weighted by molar-refractivity contribution is -0.0487. The van der Waals surface area contributed by atoms with E-state index in [1.165, 1.54) is 12.1 Å². The van der Waals surface area contributed by atoms with E-state index in [-0.39, 0.29) is 5.82 Å². The summed E-state index contributed by atoms with van der Waals surface area (Å²) in [7, 11) is 1.78. The molecule has 4 heteroatoms. The molecule has 22 heavy (non-hydrogen) atoms. The van der Waals surface area contributed by atoms with Crippen molar-refractivity contribution in [3.63, 3.8) is 0 Å². The molecule has 1 aliphatic carbocycles. The van der Waals surface area contributed by atoms with Crippen LogP contribution in [0.15, 0.2) is 42.5 Å². The van der Waals surface area contributed by atoms with Crippen molar-refractivity contribution in [3.05, 3.63) is 65.0 Å². The number of aliphatic hydroxyl groups is 1. The molecular weight excluding hydrogens is 281 g/mol. The van der Waals surface area contributed by atoms with Crippen molar-refractivity contribution in [3.8, 4) is 5.75 Å². The van der Waals surface area contributed by atoms with Crippen LogP contribution in [0.25, 0.3) is 0 Å². The van der Waals surface area contributed by atoms with E-state index in [2.05, 4.69) is 5.32 Å². The number of ether oxygens (including phenoxy) is 1. The second kappa shape index (κ2) is 5.71. The van der Waals surface area contributed by atoms with Gasteiger partial charge in [0.05, 0.1) is 0 Å². The third-order valence-corrected chi connectivity index (χ3v) is 4.20. The Kier molecular flexibility index (Phi) is 3.89. The highest BCUT2D eigenvalue weighted by atomic mass is 19.1. The fourth-order valence-electron chi connectivity index (χ4n) is 3.13. The molecule has 0 saturated heterocycles. The minimum absolute atomic E-state index is 0.314. The van der Waals surface area contributed by atoms with Crippen LogP contribution in [-0.4, -0.2) is 24.3 Å². The van der Waals surface area contributed by atoms with Crippen molar-refractivity contribution in [1.82, 2.24) is 5.32 Å². The molecule has 0 saturated carbocycles. The molecule has 2 aromatic carbocycles. The Morgan fingerprint density at radius 2 is 2.09 bits per heavy atom. The molecule has 3 rings (SSSR count). The Morgan fingerprint density at radius 1 is 1.32 bits per heavy atom. The molecule has 0 amide bonds. The summed E-state index contributed by atoms with van der Waals surface area (Å²) in [6, 6.07) is 12.3. The second-order valence-electron chi connectivity index (χ2n) is 5.92. The summed E-state index contributed by atoms with van der Waals surface area (Å²) in [5.74, 6) is 0.394. The van der Waals surface area contributed by atoms with E-state index in [1.807, 2.05) is 31.2 Å². The zero-order valence-electron chi connectivity index (χ0n) is 12.8. The van der Waals surface area contributed by atoms with Crippen LogP contribution >= 0.6 is 0 Å². The smallest absolute Gasteiger partial charge is 0.154 e. The quantitative estimate of drug-likeness (QED) is 0.912. The average molecular weight is 301 g/mol. The van der Waals surface area contributed by atoms with Crippen molar-refractivity contribution >= 4 is 0 Å². The Bertz CT molecular complexity index is 689. The molecule has 0 heterocycles. The van der Waals surface area contributed by atoms with Crippen LogP contribution in [0, 0.1) is 12.7 Å². The Hall–Kier alpha value is -1.91. The van der Waals surface area contributed by atoms with E-state index in [4.69, 9.17) is 4.74 Å². The van der Waals surface area contributed by atoms with Crippen molar-refractivity contribution < 1.29 is 14.2 Å². The average Bonchev–Trinajstić information content (AvgIpc) is 2.74. The van der Waals surface area contributed by atoms with E-state index in [0.29, 0.717) is 18.7 Å². The molecule has 0 fully saturated rings. The second-order valence-corrected chi connectivity index (χ2v) is 5.92. The zero-order chi connectivity index (χ0) is 15.7. The van der Waals surface area contributed by atoms with Gasteiger partial charge < -0.3 is 15.2 Å². The van der Waals surface area contributed by atoms with Gasteiger partial charge in [0.25, 0.3) is 0 Å². The summed E-state index contributed by atoms with van der Waals surface area (Å²) in [5.41, 5.74) is 1.55. The van der Waals surface area contributed by atoms with Crippen LogP contribution in [0.5, 0.6) is 5.75 Å². The van der Waals surface area contributed by atoms with E-state index in [0.717, 1.165) is 16.7 Å². The van der Waals surface area contributed by atoms with Gasteiger partial charge >= 0.3 is 0 Å². The number of benzene rings is 2. The molecule has 2 N–H and O–H groups in total. The van der Waals surface area contributed by atoms with Crippen molar-refractivity contribution in [2.24, 2.45) is 0 Å². The lowest BCUT2D eigenvalue weighted by atomic mass is 9.97. The van der Waals surface area contributed by atoms with E-state index in [9.17, 15) is 9.50 Å². The summed E-state index contributed by atoms with van der Waals surface area (Å²) in [6.45, 7) is 2.33. The number of hydrogen-bond acceptors (Lipinski definition) is 3. The predicted molar refractivity (Wildman–Crippen MR) is 83.5 cm³/mol. The molecular formula is C18H20FNO2. The number of para-hydroxylation sites is 1. The molecule has 116 valence electrons. The standard InChI is InChI=1S/C18H20FNO2/c1-12-5-3-4-6-16(12)22-17-15-9-14(19)8-7-13(15)10-18(17,21)11-20-2/h3-9,17,20-21H,10-11H2,1-2H3. The highest BCUT2D eigenvalue weighted by molar-refractivity contribution is 5.41. The van der Waals surface area contributed by atoms with Crippen LogP contribution in [0.1, 0.15) is 22.8 Å². The molecule has 2 atom stereocenters. The number of hydrogen-bond donors (Lipinski definition) is 2. The summed E-state index contributed by atoms with van der Waals surface area (Å²) < 4.78 is 19.7. The fraction of sp³-hybridized carbons (Fsp3) is 0.333. The van der Waals surface area contributed by atoms with E-state index >= 15 is 0 Å².